The Morgan fingerprint density at radius 2 is 1.70 bits per heavy atom. The van der Waals surface area contributed by atoms with Crippen molar-refractivity contribution in [2.45, 2.75) is 79.8 Å². The first-order valence-corrected chi connectivity index (χ1v) is 14.9. The summed E-state index contributed by atoms with van der Waals surface area (Å²) in [5, 5.41) is 16.1. The van der Waals surface area contributed by atoms with Gasteiger partial charge in [-0.05, 0) is 124 Å². The number of anilines is 1. The smallest absolute Gasteiger partial charge is 0.290 e. The van der Waals surface area contributed by atoms with Crippen molar-refractivity contribution in [1.82, 2.24) is 0 Å². The summed E-state index contributed by atoms with van der Waals surface area (Å²) >= 11 is 5.73. The van der Waals surface area contributed by atoms with Gasteiger partial charge in [0, 0.05) is 35.4 Å². The molecule has 0 aliphatic carbocycles. The number of nitrogens with zero attached hydrogens (tertiary/aromatic N) is 1. The molecule has 0 spiro atoms. The Morgan fingerprint density at radius 1 is 1.07 bits per heavy atom. The number of fused-ring (bicyclic) bond motifs is 2. The van der Waals surface area contributed by atoms with Gasteiger partial charge in [-0.1, -0.05) is 30.7 Å². The fourth-order valence-electron chi connectivity index (χ4n) is 5.33. The van der Waals surface area contributed by atoms with E-state index in [1.807, 2.05) is 6.92 Å². The summed E-state index contributed by atoms with van der Waals surface area (Å²) in [7, 11) is 2.15. The Balaban J connectivity index is 0.000000295. The van der Waals surface area contributed by atoms with Crippen molar-refractivity contribution >= 4 is 30.0 Å². The lowest BCUT2D eigenvalue weighted by atomic mass is 9.84. The molecule has 0 amide bonds. The van der Waals surface area contributed by atoms with Crippen LogP contribution in [0.2, 0.25) is 5.02 Å². The van der Waals surface area contributed by atoms with E-state index in [1.54, 1.807) is 45.0 Å². The number of rotatable bonds is 3. The molecule has 0 fully saturated rings. The summed E-state index contributed by atoms with van der Waals surface area (Å²) in [5.74, 6) is 0.269. The minimum atomic E-state index is -0.500. The van der Waals surface area contributed by atoms with Crippen molar-refractivity contribution in [2.24, 2.45) is 0 Å². The first-order valence-electron chi connectivity index (χ1n) is 14.5. The summed E-state index contributed by atoms with van der Waals surface area (Å²) in [6.45, 7) is 15.0. The molecule has 234 valence electrons. The molecule has 2 heterocycles. The number of hydrogen-bond donors (Lipinski definition) is 2. The predicted molar refractivity (Wildman–Crippen MR) is 174 cm³/mol. The van der Waals surface area contributed by atoms with Gasteiger partial charge in [-0.15, -0.1) is 0 Å². The van der Waals surface area contributed by atoms with E-state index < -0.39 is 5.60 Å². The number of hydrogen-bond acceptors (Lipinski definition) is 5. The lowest BCUT2D eigenvalue weighted by molar-refractivity contribution is -0.122. The molecule has 0 bridgehead atoms. The van der Waals surface area contributed by atoms with Gasteiger partial charge in [0.2, 0.25) is 0 Å². The quantitative estimate of drug-likeness (QED) is 0.292. The molecule has 2 N–H and O–H groups in total. The minimum Gasteiger partial charge on any atom is -0.490 e. The molecular weight excluding hydrogens is 569 g/mol. The number of aryl methyl sites for hydroxylation is 1. The number of carboxylic acid groups (broad SMARTS) is 1. The summed E-state index contributed by atoms with van der Waals surface area (Å²) in [4.78, 5) is 21.0. The largest absolute Gasteiger partial charge is 0.490 e. The second kappa shape index (κ2) is 15.9. The highest BCUT2D eigenvalue weighted by Gasteiger charge is 2.27. The Labute approximate surface area is 260 Å². The highest BCUT2D eigenvalue weighted by atomic mass is 35.5. The fourth-order valence-corrected chi connectivity index (χ4v) is 5.51. The van der Waals surface area contributed by atoms with Crippen LogP contribution in [0.15, 0.2) is 30.3 Å². The zero-order chi connectivity index (χ0) is 32.5. The Bertz CT molecular complexity index is 1430. The lowest BCUT2D eigenvalue weighted by Gasteiger charge is -2.25. The van der Waals surface area contributed by atoms with E-state index in [1.165, 1.54) is 33.5 Å². The van der Waals surface area contributed by atoms with Gasteiger partial charge in [-0.3, -0.25) is 9.59 Å². The average Bonchev–Trinajstić information content (AvgIpc) is 3.31. The summed E-state index contributed by atoms with van der Waals surface area (Å²) in [6.07, 6.45) is 4.67. The van der Waals surface area contributed by atoms with Crippen LogP contribution in [-0.4, -0.2) is 48.8 Å². The third-order valence-electron chi connectivity index (χ3n) is 7.35. The second-order valence-corrected chi connectivity index (χ2v) is 12.1. The Morgan fingerprint density at radius 3 is 2.26 bits per heavy atom. The molecule has 6 nitrogen and oxygen atoms in total. The van der Waals surface area contributed by atoms with Gasteiger partial charge >= 0.3 is 0 Å². The van der Waals surface area contributed by atoms with E-state index in [9.17, 15) is 9.18 Å². The van der Waals surface area contributed by atoms with E-state index in [2.05, 4.69) is 38.8 Å². The molecule has 0 saturated carbocycles. The second-order valence-electron chi connectivity index (χ2n) is 11.7. The van der Waals surface area contributed by atoms with Crippen molar-refractivity contribution in [1.29, 1.82) is 0 Å². The van der Waals surface area contributed by atoms with Crippen LogP contribution in [0.4, 0.5) is 10.1 Å². The van der Waals surface area contributed by atoms with E-state index >= 15 is 0 Å². The summed E-state index contributed by atoms with van der Waals surface area (Å²) in [5.41, 5.74) is 10.9. The van der Waals surface area contributed by atoms with Gasteiger partial charge in [0.05, 0.1) is 12.2 Å². The zero-order valence-electron chi connectivity index (χ0n) is 26.6. The van der Waals surface area contributed by atoms with Gasteiger partial charge in [0.1, 0.15) is 6.29 Å². The van der Waals surface area contributed by atoms with Gasteiger partial charge in [-0.25, -0.2) is 4.39 Å². The van der Waals surface area contributed by atoms with Crippen molar-refractivity contribution in [3.63, 3.8) is 0 Å². The molecule has 0 aromatic heterocycles. The Hall–Kier alpha value is -3.42. The van der Waals surface area contributed by atoms with E-state index in [0.29, 0.717) is 22.9 Å². The number of carbonyl (C=O) groups excluding carboxylic acids is 1. The molecule has 0 saturated heterocycles. The molecule has 0 radical (unpaired) electrons. The molecular formula is C35H45ClFNO5. The maximum Gasteiger partial charge on any atom is 0.290 e. The number of ether oxygens (including phenoxy) is 1. The van der Waals surface area contributed by atoms with Crippen LogP contribution in [0.1, 0.15) is 77.9 Å². The van der Waals surface area contributed by atoms with Crippen LogP contribution in [0, 0.1) is 26.6 Å². The van der Waals surface area contributed by atoms with Crippen LogP contribution in [-0.2, 0) is 24.1 Å². The van der Waals surface area contributed by atoms with Gasteiger partial charge in [0.25, 0.3) is 6.47 Å². The van der Waals surface area contributed by atoms with E-state index in [4.69, 9.17) is 31.3 Å². The third kappa shape index (κ3) is 9.28. The van der Waals surface area contributed by atoms with Crippen LogP contribution in [0.25, 0.3) is 11.1 Å². The molecule has 5 rings (SSSR count). The molecule has 43 heavy (non-hydrogen) atoms. The number of benzene rings is 3. The number of carbonyl (C=O) groups is 2. The summed E-state index contributed by atoms with van der Waals surface area (Å²) < 4.78 is 20.5. The van der Waals surface area contributed by atoms with E-state index in [0.717, 1.165) is 55.2 Å². The number of aldehydes is 1. The van der Waals surface area contributed by atoms with Gasteiger partial charge in [-0.2, -0.15) is 0 Å². The average molecular weight is 614 g/mol. The monoisotopic (exact) mass is 613 g/mol. The highest BCUT2D eigenvalue weighted by molar-refractivity contribution is 6.31. The molecule has 3 aromatic carbocycles. The highest BCUT2D eigenvalue weighted by Crippen LogP contribution is 2.44. The maximum atomic E-state index is 14.8. The standard InChI is InChI=1S/C22H26FNO.C8H7ClO.C4H10O.CH2O2/c1-5-15-13(2)11-20-17(8-9-24(20)4)21(15)18-12-19(23)22-16(14(18)3)7-6-10-25-22;1-6-7(5-10)3-2-4-8(6)9;1-4(2,3)5;2-1-3/h11-12H,5-10H2,1-4H3;2-5H,1H3;5H,1-3H3;1H,(H,2,3). The molecule has 2 aliphatic heterocycles. The van der Waals surface area contributed by atoms with Crippen LogP contribution >= 0.6 is 11.6 Å². The van der Waals surface area contributed by atoms with Crippen molar-refractivity contribution in [3.8, 4) is 16.9 Å². The maximum absolute atomic E-state index is 14.8. The first-order chi connectivity index (χ1) is 20.2. The predicted octanol–water partition coefficient (Wildman–Crippen LogP) is 7.93. The zero-order valence-corrected chi connectivity index (χ0v) is 27.4. The van der Waals surface area contributed by atoms with Crippen LogP contribution in [0.3, 0.4) is 0 Å². The Kier molecular flexibility index (Phi) is 13.2. The molecule has 0 unspecified atom stereocenters. The normalized spacial score (nSPS) is 13.0. The number of halogens is 2. The van der Waals surface area contributed by atoms with Gasteiger partial charge in [0.15, 0.2) is 11.6 Å². The summed E-state index contributed by atoms with van der Waals surface area (Å²) in [6, 6.07) is 9.29. The fraction of sp³-hybridized carbons (Fsp3) is 0.429. The topological polar surface area (TPSA) is 87.1 Å². The molecule has 3 aromatic rings. The first kappa shape index (κ1) is 35.8. The van der Waals surface area contributed by atoms with Crippen molar-refractivity contribution < 1.29 is 28.9 Å². The SMILES string of the molecule is CC(C)(C)O.CCc1c(C)cc2c(c1-c1cc(F)c3c(c1C)CCCO3)CCN2C.Cc1c(Cl)cccc1C=O.O=CO. The van der Waals surface area contributed by atoms with Crippen LogP contribution in [0.5, 0.6) is 5.75 Å². The number of likely N-dealkylation sites (N-methyl/N-ethyl adjacent to an activating group) is 1. The lowest BCUT2D eigenvalue weighted by Crippen LogP contribution is -2.13. The minimum absolute atomic E-state index is 0.209. The number of aliphatic hydroxyl groups is 1. The van der Waals surface area contributed by atoms with E-state index in [-0.39, 0.29) is 12.3 Å². The third-order valence-corrected chi connectivity index (χ3v) is 7.76. The molecule has 0 atom stereocenters. The van der Waals surface area contributed by atoms with Crippen molar-refractivity contribution in [2.75, 3.05) is 25.1 Å². The van der Waals surface area contributed by atoms with Crippen LogP contribution < -0.4 is 9.64 Å². The molecule has 2 aliphatic rings. The van der Waals surface area contributed by atoms with Gasteiger partial charge < -0.3 is 19.8 Å². The molecule has 8 heteroatoms. The van der Waals surface area contributed by atoms with Crippen molar-refractivity contribution in [3.05, 3.63) is 80.1 Å².